The molecule has 2 amide bonds. The first kappa shape index (κ1) is 24.7. The number of hydrogen-bond donors (Lipinski definition) is 3. The Balaban J connectivity index is 1.67. The zero-order valence-electron chi connectivity index (χ0n) is 18.5. The summed E-state index contributed by atoms with van der Waals surface area (Å²) < 4.78 is 10.7. The molecule has 4 aromatic rings. The second-order valence-electron chi connectivity index (χ2n) is 7.46. The molecule has 35 heavy (non-hydrogen) atoms. The lowest BCUT2D eigenvalue weighted by Crippen LogP contribution is -2.18. The fourth-order valence-corrected chi connectivity index (χ4v) is 4.45. The van der Waals surface area contributed by atoms with Crippen LogP contribution in [-0.2, 0) is 4.79 Å². The number of alkyl halides is 1. The van der Waals surface area contributed by atoms with Crippen LogP contribution < -0.4 is 20.5 Å². The molecule has 0 aliphatic rings. The van der Waals surface area contributed by atoms with E-state index in [-0.39, 0.29) is 0 Å². The number of fused-ring (bicyclic) bond motifs is 1. The third-order valence-electron chi connectivity index (χ3n) is 5.35. The number of nitrogens with one attached hydrogen (secondary N) is 2. The fraction of sp³-hybridized carbons (Fsp3) is 0.125. The van der Waals surface area contributed by atoms with Crippen LogP contribution in [0.15, 0.2) is 48.5 Å². The van der Waals surface area contributed by atoms with Crippen molar-refractivity contribution in [2.45, 2.75) is 5.38 Å². The van der Waals surface area contributed by atoms with Crippen LogP contribution in [0.2, 0.25) is 10.0 Å². The zero-order chi connectivity index (χ0) is 25.3. The zero-order valence-corrected chi connectivity index (χ0v) is 20.8. The van der Waals surface area contributed by atoms with E-state index in [1.54, 1.807) is 42.5 Å². The van der Waals surface area contributed by atoms with Crippen molar-refractivity contribution >= 4 is 63.3 Å². The second-order valence-corrected chi connectivity index (χ2v) is 8.65. The number of H-pyrrole nitrogens is 1. The summed E-state index contributed by atoms with van der Waals surface area (Å²) in [5.74, 6) is 0.0184. The molecule has 8 nitrogen and oxygen atoms in total. The molecule has 0 radical (unpaired) electrons. The van der Waals surface area contributed by atoms with Crippen molar-refractivity contribution in [3.05, 3.63) is 69.7 Å². The maximum absolute atomic E-state index is 12.8. The van der Waals surface area contributed by atoms with Crippen LogP contribution in [0.5, 0.6) is 11.5 Å². The van der Waals surface area contributed by atoms with Gasteiger partial charge in [-0.2, -0.15) is 5.10 Å². The number of halogens is 3. The maximum atomic E-state index is 12.8. The average Bonchev–Trinajstić information content (AvgIpc) is 3.25. The monoisotopic (exact) mass is 532 g/mol. The number of hydrogen-bond acceptors (Lipinski definition) is 5. The lowest BCUT2D eigenvalue weighted by molar-refractivity contribution is -0.117. The van der Waals surface area contributed by atoms with Crippen LogP contribution in [0, 0.1) is 0 Å². The van der Waals surface area contributed by atoms with Crippen molar-refractivity contribution in [2.75, 3.05) is 19.5 Å². The van der Waals surface area contributed by atoms with Gasteiger partial charge in [-0.3, -0.25) is 14.7 Å². The Bertz CT molecular complexity index is 1430. The van der Waals surface area contributed by atoms with Gasteiger partial charge in [0, 0.05) is 22.6 Å². The minimum atomic E-state index is -1.04. The SMILES string of the molecule is COc1cc(OC)c(Cl)c(-c2ccc3c(NC(=O)c4cccc(C(Cl)C(N)=O)c4)n[nH]c3c2)c1Cl. The topological polar surface area (TPSA) is 119 Å². The van der Waals surface area contributed by atoms with Gasteiger partial charge < -0.3 is 20.5 Å². The molecule has 180 valence electrons. The van der Waals surface area contributed by atoms with Crippen molar-refractivity contribution in [3.63, 3.8) is 0 Å². The number of nitrogens with two attached hydrogens (primary N) is 1. The molecule has 0 aliphatic carbocycles. The summed E-state index contributed by atoms with van der Waals surface area (Å²) in [6.45, 7) is 0. The number of ether oxygens (including phenoxy) is 2. The summed E-state index contributed by atoms with van der Waals surface area (Å²) in [6.07, 6.45) is 0. The Morgan fingerprint density at radius 3 is 2.34 bits per heavy atom. The van der Waals surface area contributed by atoms with E-state index in [0.717, 1.165) is 0 Å². The minimum Gasteiger partial charge on any atom is -0.495 e. The van der Waals surface area contributed by atoms with E-state index in [9.17, 15) is 9.59 Å². The molecule has 4 N–H and O–H groups in total. The Morgan fingerprint density at radius 1 is 1.03 bits per heavy atom. The fourth-order valence-electron chi connectivity index (χ4n) is 3.59. The van der Waals surface area contributed by atoms with Crippen LogP contribution in [0.3, 0.4) is 0 Å². The highest BCUT2D eigenvalue weighted by atomic mass is 35.5. The highest BCUT2D eigenvalue weighted by Crippen LogP contribution is 2.46. The number of primary amides is 1. The molecule has 1 atom stereocenters. The molecule has 3 aromatic carbocycles. The molecule has 1 heterocycles. The standard InChI is InChI=1S/C24H19Cl3N4O4/c1-34-16-10-17(35-2)21(27)18(20(16)26)11-6-7-14-15(9-11)30-31-23(14)29-24(33)13-5-3-4-12(8-13)19(25)22(28)32/h3-10,19H,1-2H3,(H2,28,32)(H2,29,30,31,33). The summed E-state index contributed by atoms with van der Waals surface area (Å²) in [5, 5.41) is 10.2. The van der Waals surface area contributed by atoms with Gasteiger partial charge in [0.25, 0.3) is 5.91 Å². The number of aromatic amines is 1. The molecule has 1 unspecified atom stereocenters. The third-order valence-corrected chi connectivity index (χ3v) is 6.57. The van der Waals surface area contributed by atoms with Gasteiger partial charge in [0.1, 0.15) is 16.9 Å². The van der Waals surface area contributed by atoms with Gasteiger partial charge >= 0.3 is 0 Å². The molecule has 1 aromatic heterocycles. The first-order valence-electron chi connectivity index (χ1n) is 10.2. The van der Waals surface area contributed by atoms with E-state index < -0.39 is 17.2 Å². The summed E-state index contributed by atoms with van der Waals surface area (Å²) >= 11 is 19.1. The van der Waals surface area contributed by atoms with Crippen molar-refractivity contribution in [1.29, 1.82) is 0 Å². The van der Waals surface area contributed by atoms with Gasteiger partial charge in [-0.25, -0.2) is 0 Å². The first-order chi connectivity index (χ1) is 16.7. The number of anilines is 1. The molecule has 4 rings (SSSR count). The average molecular weight is 534 g/mol. The Morgan fingerprint density at radius 2 is 1.71 bits per heavy atom. The number of aromatic nitrogens is 2. The summed E-state index contributed by atoms with van der Waals surface area (Å²) in [5.41, 5.74) is 7.84. The Kier molecular flexibility index (Phi) is 7.07. The molecule has 0 saturated carbocycles. The minimum absolute atomic E-state index is 0.296. The molecule has 0 aliphatic heterocycles. The van der Waals surface area contributed by atoms with Crippen LogP contribution in [-0.4, -0.2) is 36.2 Å². The molecule has 0 spiro atoms. The molecular formula is C24H19Cl3N4O4. The van der Waals surface area contributed by atoms with Crippen LogP contribution in [0.1, 0.15) is 21.3 Å². The number of methoxy groups -OCH3 is 2. The largest absolute Gasteiger partial charge is 0.495 e. The smallest absolute Gasteiger partial charge is 0.256 e. The van der Waals surface area contributed by atoms with E-state index in [4.69, 9.17) is 50.0 Å². The van der Waals surface area contributed by atoms with E-state index in [1.807, 2.05) is 0 Å². The maximum Gasteiger partial charge on any atom is 0.256 e. The predicted molar refractivity (Wildman–Crippen MR) is 137 cm³/mol. The van der Waals surface area contributed by atoms with Gasteiger partial charge in [-0.1, -0.05) is 41.4 Å². The van der Waals surface area contributed by atoms with Gasteiger partial charge in [0.15, 0.2) is 5.82 Å². The normalized spacial score (nSPS) is 11.8. The van der Waals surface area contributed by atoms with Crippen LogP contribution in [0.25, 0.3) is 22.0 Å². The van der Waals surface area contributed by atoms with Crippen LogP contribution >= 0.6 is 34.8 Å². The van der Waals surface area contributed by atoms with Crippen molar-refractivity contribution < 1.29 is 19.1 Å². The number of carbonyl (C=O) groups is 2. The van der Waals surface area contributed by atoms with E-state index in [2.05, 4.69) is 15.5 Å². The van der Waals surface area contributed by atoms with Gasteiger partial charge in [0.05, 0.1) is 29.8 Å². The van der Waals surface area contributed by atoms with Gasteiger partial charge in [-0.15, -0.1) is 11.6 Å². The van der Waals surface area contributed by atoms with Crippen molar-refractivity contribution in [1.82, 2.24) is 10.2 Å². The summed E-state index contributed by atoms with van der Waals surface area (Å²) in [7, 11) is 3.00. The molecular weight excluding hydrogens is 515 g/mol. The lowest BCUT2D eigenvalue weighted by atomic mass is 10.0. The van der Waals surface area contributed by atoms with Crippen LogP contribution in [0.4, 0.5) is 5.82 Å². The van der Waals surface area contributed by atoms with E-state index in [0.29, 0.717) is 60.5 Å². The highest BCUT2D eigenvalue weighted by molar-refractivity contribution is 6.41. The molecule has 0 bridgehead atoms. The number of rotatable bonds is 7. The molecule has 0 saturated heterocycles. The van der Waals surface area contributed by atoms with Crippen molar-refractivity contribution in [3.8, 4) is 22.6 Å². The third kappa shape index (κ3) is 4.73. The quantitative estimate of drug-likeness (QED) is 0.268. The van der Waals surface area contributed by atoms with Gasteiger partial charge in [-0.05, 0) is 35.4 Å². The van der Waals surface area contributed by atoms with E-state index >= 15 is 0 Å². The number of nitrogens with zero attached hydrogens (tertiary/aromatic N) is 1. The number of benzene rings is 3. The highest BCUT2D eigenvalue weighted by Gasteiger charge is 2.21. The van der Waals surface area contributed by atoms with Crippen molar-refractivity contribution in [2.24, 2.45) is 5.73 Å². The summed E-state index contributed by atoms with van der Waals surface area (Å²) in [6, 6.07) is 13.3. The first-order valence-corrected chi connectivity index (χ1v) is 11.4. The number of amides is 2. The summed E-state index contributed by atoms with van der Waals surface area (Å²) in [4.78, 5) is 24.2. The molecule has 11 heteroatoms. The lowest BCUT2D eigenvalue weighted by Gasteiger charge is -2.14. The van der Waals surface area contributed by atoms with E-state index in [1.165, 1.54) is 20.3 Å². The molecule has 0 fully saturated rings. The van der Waals surface area contributed by atoms with Gasteiger partial charge in [0.2, 0.25) is 5.91 Å². The Labute approximate surface area is 215 Å². The Hall–Kier alpha value is -3.46. The second kappa shape index (κ2) is 10.0. The predicted octanol–water partition coefficient (Wildman–Crippen LogP) is 5.57. The number of carbonyl (C=O) groups excluding carboxylic acids is 2.